The van der Waals surface area contributed by atoms with Gasteiger partial charge >= 0.3 is 11.9 Å². The second-order valence-corrected chi connectivity index (χ2v) is 7.97. The molecule has 0 aromatic heterocycles. The molecule has 0 aliphatic heterocycles. The largest absolute Gasteiger partial charge is 0.465 e. The van der Waals surface area contributed by atoms with Crippen molar-refractivity contribution >= 4 is 11.9 Å². The van der Waals surface area contributed by atoms with Crippen LogP contribution in [-0.2, 0) is 43.3 Å². The van der Waals surface area contributed by atoms with Gasteiger partial charge in [0.1, 0.15) is 0 Å². The molecular formula is C22H29O5Rh-. The Morgan fingerprint density at radius 1 is 1.00 bits per heavy atom. The van der Waals surface area contributed by atoms with Gasteiger partial charge in [-0.05, 0) is 43.9 Å². The molecule has 1 radical (unpaired) electrons. The van der Waals surface area contributed by atoms with E-state index in [1.165, 1.54) is 0 Å². The third-order valence-corrected chi connectivity index (χ3v) is 6.34. The normalized spacial score (nSPS) is 26.6. The van der Waals surface area contributed by atoms with Gasteiger partial charge in [0.05, 0.1) is 13.2 Å². The van der Waals surface area contributed by atoms with Crippen molar-refractivity contribution in [2.45, 2.75) is 40.0 Å². The van der Waals surface area contributed by atoms with Gasteiger partial charge in [-0.25, -0.2) is 0 Å². The van der Waals surface area contributed by atoms with Gasteiger partial charge in [-0.2, -0.15) is 17.7 Å². The Bertz CT molecular complexity index is 688. The second kappa shape index (κ2) is 8.55. The summed E-state index contributed by atoms with van der Waals surface area (Å²) in [5, 5.41) is 0. The smallest absolute Gasteiger partial charge is 0.323 e. The molecule has 2 fully saturated rings. The number of rotatable bonds is 8. The maximum absolute atomic E-state index is 12.9. The monoisotopic (exact) mass is 476 g/mol. The van der Waals surface area contributed by atoms with Crippen molar-refractivity contribution in [3.05, 3.63) is 41.8 Å². The molecule has 2 atom stereocenters. The standard InChI is InChI=1S/C22H29O5.Rh/c1-5-26-18(23)21(19(24)27-6-2)13-20(3)14-22(20,15-21)17(12-25-4)16-10-8-7-9-11-16;/h7-11H,5-6,12-15H2,1-4H3;/q-1;. The van der Waals surface area contributed by atoms with E-state index in [4.69, 9.17) is 14.2 Å². The number of carbonyl (C=O) groups is 2. The third kappa shape index (κ3) is 3.50. The van der Waals surface area contributed by atoms with Crippen LogP contribution in [0.3, 0.4) is 0 Å². The van der Waals surface area contributed by atoms with E-state index in [0.29, 0.717) is 19.4 Å². The van der Waals surface area contributed by atoms with Gasteiger partial charge in [-0.3, -0.25) is 9.59 Å². The van der Waals surface area contributed by atoms with Crippen LogP contribution in [0.25, 0.3) is 0 Å². The van der Waals surface area contributed by atoms with Crippen molar-refractivity contribution in [3.63, 3.8) is 0 Å². The summed E-state index contributed by atoms with van der Waals surface area (Å²) in [7, 11) is 1.68. The quantitative estimate of drug-likeness (QED) is 0.249. The Morgan fingerprint density at radius 3 is 2.07 bits per heavy atom. The second-order valence-electron chi connectivity index (χ2n) is 7.97. The molecule has 6 heteroatoms. The molecule has 0 saturated heterocycles. The van der Waals surface area contributed by atoms with Crippen LogP contribution < -0.4 is 0 Å². The zero-order valence-corrected chi connectivity index (χ0v) is 18.6. The number of esters is 2. The Morgan fingerprint density at radius 2 is 1.57 bits per heavy atom. The van der Waals surface area contributed by atoms with Gasteiger partial charge in [0.2, 0.25) is 0 Å². The van der Waals surface area contributed by atoms with Crippen molar-refractivity contribution in [1.29, 1.82) is 0 Å². The number of ether oxygens (including phenoxy) is 3. The van der Waals surface area contributed by atoms with Gasteiger partial charge in [-0.1, -0.05) is 13.0 Å². The third-order valence-electron chi connectivity index (χ3n) is 6.34. The minimum Gasteiger partial charge on any atom is -0.465 e. The number of carbonyl (C=O) groups excluding carboxylic acids is 2. The zero-order valence-electron chi connectivity index (χ0n) is 17.0. The first-order valence-electron chi connectivity index (χ1n) is 9.64. The average molecular weight is 476 g/mol. The van der Waals surface area contributed by atoms with E-state index >= 15 is 0 Å². The molecule has 2 aliphatic carbocycles. The number of methoxy groups -OCH3 is 1. The number of hydrogen-bond donors (Lipinski definition) is 0. The van der Waals surface area contributed by atoms with E-state index < -0.39 is 17.4 Å². The van der Waals surface area contributed by atoms with Crippen molar-refractivity contribution < 1.29 is 43.3 Å². The molecule has 5 nitrogen and oxygen atoms in total. The van der Waals surface area contributed by atoms with E-state index in [0.717, 1.165) is 17.9 Å². The summed E-state index contributed by atoms with van der Waals surface area (Å²) in [6.07, 6.45) is 1.81. The maximum atomic E-state index is 12.9. The van der Waals surface area contributed by atoms with E-state index in [2.05, 4.69) is 19.1 Å². The van der Waals surface area contributed by atoms with Gasteiger partial charge in [0.15, 0.2) is 5.41 Å². The molecule has 0 spiro atoms. The first kappa shape index (κ1) is 22.9. The summed E-state index contributed by atoms with van der Waals surface area (Å²) in [5.74, 6) is 0.241. The summed E-state index contributed by atoms with van der Waals surface area (Å²) in [6.45, 7) is 6.65. The van der Waals surface area contributed by atoms with E-state index in [-0.39, 0.29) is 43.5 Å². The van der Waals surface area contributed by atoms with E-state index in [1.807, 2.05) is 18.2 Å². The van der Waals surface area contributed by atoms with Gasteiger partial charge in [0.25, 0.3) is 0 Å². The van der Waals surface area contributed by atoms with Crippen LogP contribution >= 0.6 is 0 Å². The average Bonchev–Trinajstić information content (AvgIpc) is 3.13. The first-order chi connectivity index (χ1) is 12.9. The molecule has 2 saturated carbocycles. The summed E-state index contributed by atoms with van der Waals surface area (Å²) >= 11 is 0. The number of fused-ring (bicyclic) bond motifs is 1. The van der Waals surface area contributed by atoms with E-state index in [9.17, 15) is 9.59 Å². The molecule has 157 valence electrons. The van der Waals surface area contributed by atoms with Crippen LogP contribution in [0.1, 0.15) is 45.6 Å². The maximum Gasteiger partial charge on any atom is 0.323 e. The first-order valence-corrected chi connectivity index (χ1v) is 9.64. The molecule has 0 bridgehead atoms. The molecular weight excluding hydrogens is 447 g/mol. The number of benzene rings is 1. The predicted molar refractivity (Wildman–Crippen MR) is 101 cm³/mol. The van der Waals surface area contributed by atoms with Gasteiger partial charge in [-0.15, -0.1) is 18.1 Å². The Balaban J connectivity index is 0.00000280. The molecule has 2 aliphatic rings. The summed E-state index contributed by atoms with van der Waals surface area (Å²) in [5.41, 5.74) is -0.515. The number of hydrogen-bond acceptors (Lipinski definition) is 5. The topological polar surface area (TPSA) is 61.8 Å². The summed E-state index contributed by atoms with van der Waals surface area (Å²) in [4.78, 5) is 25.8. The van der Waals surface area contributed by atoms with Crippen molar-refractivity contribution in [2.24, 2.45) is 16.2 Å². The van der Waals surface area contributed by atoms with Crippen LogP contribution in [-0.4, -0.2) is 38.9 Å². The van der Waals surface area contributed by atoms with Gasteiger partial charge in [0, 0.05) is 33.2 Å². The van der Waals surface area contributed by atoms with Crippen LogP contribution in [0.4, 0.5) is 0 Å². The fourth-order valence-electron chi connectivity index (χ4n) is 5.14. The molecule has 3 rings (SSSR count). The minimum atomic E-state index is -1.23. The molecule has 0 N–H and O–H groups in total. The Hall–Kier alpha value is -1.39. The SMILES string of the molecule is CCOC(=O)C1(C(=O)OCC)CC2(C)CC2([C-](COC)c2ccccc2)C1.[Rh]. The van der Waals surface area contributed by atoms with Crippen molar-refractivity contribution in [3.8, 4) is 0 Å². The van der Waals surface area contributed by atoms with Crippen LogP contribution in [0.2, 0.25) is 0 Å². The summed E-state index contributed by atoms with van der Waals surface area (Å²) < 4.78 is 16.2. The molecule has 2 unspecified atom stereocenters. The molecule has 28 heavy (non-hydrogen) atoms. The zero-order chi connectivity index (χ0) is 19.7. The molecule has 0 heterocycles. The minimum absolute atomic E-state index is 0. The van der Waals surface area contributed by atoms with Crippen molar-refractivity contribution in [1.82, 2.24) is 0 Å². The molecule has 0 amide bonds. The fourth-order valence-corrected chi connectivity index (χ4v) is 5.14. The van der Waals surface area contributed by atoms with E-state index in [1.54, 1.807) is 21.0 Å². The van der Waals surface area contributed by atoms with Crippen LogP contribution in [0, 0.1) is 22.2 Å². The van der Waals surface area contributed by atoms with Crippen molar-refractivity contribution in [2.75, 3.05) is 26.9 Å². The van der Waals surface area contributed by atoms with Crippen LogP contribution in [0.15, 0.2) is 30.3 Å². The van der Waals surface area contributed by atoms with Crippen LogP contribution in [0.5, 0.6) is 0 Å². The predicted octanol–water partition coefficient (Wildman–Crippen LogP) is 3.56. The van der Waals surface area contributed by atoms with Gasteiger partial charge < -0.3 is 14.2 Å². The molecule has 1 aromatic carbocycles. The Kier molecular flexibility index (Phi) is 6.99. The fraction of sp³-hybridized carbons (Fsp3) is 0.591. The molecule has 1 aromatic rings. The summed E-state index contributed by atoms with van der Waals surface area (Å²) in [6, 6.07) is 10.1. The Labute approximate surface area is 180 Å².